The molecule has 0 aliphatic heterocycles. The van der Waals surface area contributed by atoms with Crippen molar-refractivity contribution < 1.29 is 4.42 Å². The summed E-state index contributed by atoms with van der Waals surface area (Å²) in [7, 11) is 0. The maximum absolute atomic E-state index is 5.82. The predicted molar refractivity (Wildman–Crippen MR) is 82.5 cm³/mol. The van der Waals surface area contributed by atoms with Crippen molar-refractivity contribution in [3.63, 3.8) is 0 Å². The molecule has 0 aliphatic rings. The minimum atomic E-state index is 0.407. The summed E-state index contributed by atoms with van der Waals surface area (Å²) < 4.78 is 7.11. The van der Waals surface area contributed by atoms with Crippen molar-refractivity contribution in [3.05, 3.63) is 53.4 Å². The Kier molecular flexibility index (Phi) is 4.73. The molecule has 0 bridgehead atoms. The van der Waals surface area contributed by atoms with Crippen molar-refractivity contribution in [2.75, 3.05) is 5.75 Å². The molecular weight excluding hydrogens is 322 g/mol. The second-order valence-electron chi connectivity index (χ2n) is 4.15. The van der Waals surface area contributed by atoms with Gasteiger partial charge in [-0.2, -0.15) is 5.10 Å². The van der Waals surface area contributed by atoms with E-state index in [2.05, 4.69) is 32.1 Å². The molecule has 0 aliphatic carbocycles. The van der Waals surface area contributed by atoms with E-state index in [1.807, 2.05) is 24.3 Å². The number of aromatic nitrogens is 5. The lowest BCUT2D eigenvalue weighted by Crippen LogP contribution is -1.99. The van der Waals surface area contributed by atoms with Crippen molar-refractivity contribution in [2.24, 2.45) is 0 Å². The van der Waals surface area contributed by atoms with Gasteiger partial charge in [0.2, 0.25) is 5.89 Å². The standard InChI is InChI=1S/C14H10ClN5OS/c15-12-5-3-11(4-6-12)2-1-7-22-14-19-18-13(21-14)8-20-10-16-9-17-20/h3-6,9-10H,7-8H2. The third kappa shape index (κ3) is 4.10. The van der Waals surface area contributed by atoms with Crippen LogP contribution in [0.3, 0.4) is 0 Å². The van der Waals surface area contributed by atoms with Gasteiger partial charge in [0.25, 0.3) is 5.22 Å². The Morgan fingerprint density at radius 2 is 2.09 bits per heavy atom. The molecule has 6 nitrogen and oxygen atoms in total. The number of thioether (sulfide) groups is 1. The minimum absolute atomic E-state index is 0.407. The molecule has 110 valence electrons. The zero-order valence-corrected chi connectivity index (χ0v) is 12.9. The van der Waals surface area contributed by atoms with Gasteiger partial charge in [-0.25, -0.2) is 9.67 Å². The lowest BCUT2D eigenvalue weighted by molar-refractivity contribution is 0.398. The molecule has 1 aromatic carbocycles. The zero-order chi connectivity index (χ0) is 15.2. The van der Waals surface area contributed by atoms with Gasteiger partial charge >= 0.3 is 0 Å². The van der Waals surface area contributed by atoms with E-state index in [9.17, 15) is 0 Å². The van der Waals surface area contributed by atoms with Crippen LogP contribution >= 0.6 is 23.4 Å². The first-order valence-electron chi connectivity index (χ1n) is 6.31. The fourth-order valence-electron chi connectivity index (χ4n) is 1.58. The van der Waals surface area contributed by atoms with Crippen LogP contribution in [0.1, 0.15) is 11.5 Å². The van der Waals surface area contributed by atoms with Gasteiger partial charge < -0.3 is 4.42 Å². The monoisotopic (exact) mass is 331 g/mol. The summed E-state index contributed by atoms with van der Waals surface area (Å²) in [4.78, 5) is 3.85. The highest BCUT2D eigenvalue weighted by Crippen LogP contribution is 2.15. The van der Waals surface area contributed by atoms with E-state index in [0.29, 0.717) is 28.4 Å². The first-order valence-corrected chi connectivity index (χ1v) is 7.68. The fraction of sp³-hybridized carbons (Fsp3) is 0.143. The molecule has 0 fully saturated rings. The molecule has 0 unspecified atom stereocenters. The van der Waals surface area contributed by atoms with Gasteiger partial charge in [-0.3, -0.25) is 0 Å². The Morgan fingerprint density at radius 1 is 1.23 bits per heavy atom. The van der Waals surface area contributed by atoms with Gasteiger partial charge in [-0.05, 0) is 24.3 Å². The summed E-state index contributed by atoms with van der Waals surface area (Å²) in [5.74, 6) is 7.13. The lowest BCUT2D eigenvalue weighted by atomic mass is 10.2. The van der Waals surface area contributed by atoms with Crippen molar-refractivity contribution in [1.29, 1.82) is 0 Å². The number of rotatable bonds is 4. The normalized spacial score (nSPS) is 10.2. The summed E-state index contributed by atoms with van der Waals surface area (Å²) in [6.45, 7) is 0.407. The molecule has 8 heteroatoms. The van der Waals surface area contributed by atoms with Crippen LogP contribution in [0.2, 0.25) is 5.02 Å². The summed E-state index contributed by atoms with van der Waals surface area (Å²) in [5.41, 5.74) is 0.919. The lowest BCUT2D eigenvalue weighted by Gasteiger charge is -1.92. The minimum Gasteiger partial charge on any atom is -0.414 e. The Morgan fingerprint density at radius 3 is 2.86 bits per heavy atom. The topological polar surface area (TPSA) is 69.6 Å². The molecule has 3 rings (SSSR count). The van der Waals surface area contributed by atoms with Gasteiger partial charge in [0.1, 0.15) is 19.2 Å². The van der Waals surface area contributed by atoms with Gasteiger partial charge in [0.15, 0.2) is 0 Å². The number of hydrogen-bond donors (Lipinski definition) is 0. The van der Waals surface area contributed by atoms with Crippen molar-refractivity contribution >= 4 is 23.4 Å². The summed E-state index contributed by atoms with van der Waals surface area (Å²) in [5, 5.41) is 13.1. The van der Waals surface area contributed by atoms with Gasteiger partial charge in [-0.1, -0.05) is 35.2 Å². The highest BCUT2D eigenvalue weighted by atomic mass is 35.5. The maximum atomic E-state index is 5.82. The first-order chi connectivity index (χ1) is 10.8. The average molecular weight is 332 g/mol. The molecule has 0 radical (unpaired) electrons. The molecule has 22 heavy (non-hydrogen) atoms. The Balaban J connectivity index is 1.52. The summed E-state index contributed by atoms with van der Waals surface area (Å²) >= 11 is 7.21. The molecule has 2 heterocycles. The van der Waals surface area contributed by atoms with Crippen LogP contribution in [0, 0.1) is 11.8 Å². The summed E-state index contributed by atoms with van der Waals surface area (Å²) in [6.07, 6.45) is 3.05. The second kappa shape index (κ2) is 7.11. The Labute approximate surface area is 135 Å². The first kappa shape index (κ1) is 14.6. The van der Waals surface area contributed by atoms with Gasteiger partial charge in [0, 0.05) is 10.6 Å². The number of benzene rings is 1. The highest BCUT2D eigenvalue weighted by Gasteiger charge is 2.06. The van der Waals surface area contributed by atoms with Crippen LogP contribution in [-0.2, 0) is 6.54 Å². The molecule has 0 atom stereocenters. The smallest absolute Gasteiger partial charge is 0.277 e. The van der Waals surface area contributed by atoms with Gasteiger partial charge in [-0.15, -0.1) is 10.2 Å². The Bertz CT molecular complexity index is 789. The maximum Gasteiger partial charge on any atom is 0.277 e. The molecule has 3 aromatic rings. The average Bonchev–Trinajstić information content (AvgIpc) is 3.18. The highest BCUT2D eigenvalue weighted by molar-refractivity contribution is 7.99. The van der Waals surface area contributed by atoms with Crippen LogP contribution < -0.4 is 0 Å². The molecule has 0 saturated carbocycles. The fourth-order valence-corrected chi connectivity index (χ4v) is 2.23. The largest absolute Gasteiger partial charge is 0.414 e. The molecule has 0 amide bonds. The van der Waals surface area contributed by atoms with E-state index in [1.54, 1.807) is 11.0 Å². The van der Waals surface area contributed by atoms with E-state index in [1.165, 1.54) is 18.1 Å². The number of halogens is 1. The third-order valence-corrected chi connectivity index (χ3v) is 3.51. The van der Waals surface area contributed by atoms with E-state index in [4.69, 9.17) is 16.0 Å². The van der Waals surface area contributed by atoms with Crippen LogP contribution in [0.15, 0.2) is 46.6 Å². The Hall–Kier alpha value is -2.30. The molecular formula is C14H10ClN5OS. The summed E-state index contributed by atoms with van der Waals surface area (Å²) in [6, 6.07) is 7.38. The van der Waals surface area contributed by atoms with E-state index >= 15 is 0 Å². The number of hydrogen-bond acceptors (Lipinski definition) is 6. The second-order valence-corrected chi connectivity index (χ2v) is 5.52. The molecule has 0 N–H and O–H groups in total. The van der Waals surface area contributed by atoms with E-state index < -0.39 is 0 Å². The predicted octanol–water partition coefficient (Wildman–Crippen LogP) is 2.51. The van der Waals surface area contributed by atoms with E-state index in [-0.39, 0.29) is 0 Å². The zero-order valence-electron chi connectivity index (χ0n) is 11.3. The van der Waals surface area contributed by atoms with Gasteiger partial charge in [0.05, 0.1) is 5.75 Å². The SMILES string of the molecule is Clc1ccc(C#CCSc2nnc(Cn3cncn3)o2)cc1. The van der Waals surface area contributed by atoms with Crippen LogP contribution in [-0.4, -0.2) is 30.7 Å². The third-order valence-electron chi connectivity index (χ3n) is 2.56. The molecule has 2 aromatic heterocycles. The number of nitrogens with zero attached hydrogens (tertiary/aromatic N) is 5. The van der Waals surface area contributed by atoms with Crippen molar-refractivity contribution in [2.45, 2.75) is 11.8 Å². The molecule has 0 spiro atoms. The van der Waals surface area contributed by atoms with Crippen LogP contribution in [0.4, 0.5) is 0 Å². The van der Waals surface area contributed by atoms with Crippen LogP contribution in [0.5, 0.6) is 0 Å². The van der Waals surface area contributed by atoms with Crippen LogP contribution in [0.25, 0.3) is 0 Å². The molecule has 0 saturated heterocycles. The van der Waals surface area contributed by atoms with E-state index in [0.717, 1.165) is 5.56 Å². The van der Waals surface area contributed by atoms with Crippen molar-refractivity contribution in [1.82, 2.24) is 25.0 Å². The quantitative estimate of drug-likeness (QED) is 0.540. The van der Waals surface area contributed by atoms with Crippen molar-refractivity contribution in [3.8, 4) is 11.8 Å².